The number of hydrogen-bond acceptors (Lipinski definition) is 2. The third kappa shape index (κ3) is 4.62. The minimum absolute atomic E-state index is 0.214. The number of alkyl halides is 3. The van der Waals surface area contributed by atoms with Gasteiger partial charge in [-0.2, -0.15) is 13.2 Å². The summed E-state index contributed by atoms with van der Waals surface area (Å²) in [6.07, 6.45) is -1.32. The lowest BCUT2D eigenvalue weighted by atomic mass is 10.0. The van der Waals surface area contributed by atoms with Gasteiger partial charge in [0.2, 0.25) is 5.78 Å². The molecule has 0 atom stereocenters. The molecule has 0 amide bonds. The lowest BCUT2D eigenvalue weighted by Gasteiger charge is -2.22. The summed E-state index contributed by atoms with van der Waals surface area (Å²) in [4.78, 5) is 6.42. The van der Waals surface area contributed by atoms with E-state index in [1.54, 1.807) is 4.40 Å². The van der Waals surface area contributed by atoms with Gasteiger partial charge in [0.25, 0.3) is 0 Å². The highest BCUT2D eigenvalue weighted by Crippen LogP contribution is 2.38. The van der Waals surface area contributed by atoms with Gasteiger partial charge in [0, 0.05) is 17.6 Å². The molecule has 4 nitrogen and oxygen atoms in total. The average molecular weight is 547 g/mol. The summed E-state index contributed by atoms with van der Waals surface area (Å²) in [5.74, 6) is 1.22. The summed E-state index contributed by atoms with van der Waals surface area (Å²) < 4.78 is 47.3. The molecule has 2 aromatic carbocycles. The number of halogens is 4. The number of hydrogen-bond donors (Lipinski definition) is 0. The molecule has 8 heteroatoms. The molecule has 35 heavy (non-hydrogen) atoms. The molecule has 0 saturated heterocycles. The Morgan fingerprint density at radius 2 is 1.83 bits per heavy atom. The maximum atomic E-state index is 14.3. The lowest BCUT2D eigenvalue weighted by Crippen LogP contribution is -2.28. The van der Waals surface area contributed by atoms with Crippen LogP contribution in [-0.2, 0) is 12.7 Å². The minimum Gasteiger partial charge on any atom is -0.297 e. The zero-order chi connectivity index (χ0) is 24.9. The van der Waals surface area contributed by atoms with Crippen LogP contribution in [0.4, 0.5) is 13.2 Å². The van der Waals surface area contributed by atoms with Crippen LogP contribution >= 0.6 is 15.9 Å². The van der Waals surface area contributed by atoms with Gasteiger partial charge in [0.1, 0.15) is 0 Å². The van der Waals surface area contributed by atoms with Gasteiger partial charge in [-0.1, -0.05) is 39.0 Å². The summed E-state index contributed by atoms with van der Waals surface area (Å²) in [7, 11) is 0. The molecule has 1 fully saturated rings. The van der Waals surface area contributed by atoms with Crippen LogP contribution in [0.2, 0.25) is 0 Å². The number of fused-ring (bicyclic) bond motifs is 3. The van der Waals surface area contributed by atoms with Crippen molar-refractivity contribution in [2.75, 3.05) is 13.1 Å². The molecular formula is C27H30BrF3N4. The Bertz CT molecular complexity index is 1360. The van der Waals surface area contributed by atoms with Crippen LogP contribution < -0.4 is 0 Å². The molecule has 0 aliphatic heterocycles. The van der Waals surface area contributed by atoms with Gasteiger partial charge >= 0.3 is 6.18 Å². The Hall–Kier alpha value is -2.32. The summed E-state index contributed by atoms with van der Waals surface area (Å²) >= 11 is 3.68. The Balaban J connectivity index is 1.75. The summed E-state index contributed by atoms with van der Waals surface area (Å²) in [5.41, 5.74) is 2.90. The molecule has 0 unspecified atom stereocenters. The third-order valence-electron chi connectivity index (χ3n) is 6.79. The fourth-order valence-electron chi connectivity index (χ4n) is 4.90. The Kier molecular flexibility index (Phi) is 6.46. The van der Waals surface area contributed by atoms with Crippen molar-refractivity contribution < 1.29 is 13.2 Å². The molecule has 1 aliphatic carbocycles. The van der Waals surface area contributed by atoms with Crippen molar-refractivity contribution in [3.05, 3.63) is 63.9 Å². The first-order valence-electron chi connectivity index (χ1n) is 12.3. The van der Waals surface area contributed by atoms with Crippen LogP contribution in [0.15, 0.2) is 46.9 Å². The monoisotopic (exact) mass is 546 g/mol. The predicted octanol–water partition coefficient (Wildman–Crippen LogP) is 7.80. The second-order valence-corrected chi connectivity index (χ2v) is 10.8. The highest BCUT2D eigenvalue weighted by Gasteiger charge is 2.40. The van der Waals surface area contributed by atoms with Crippen molar-refractivity contribution in [2.24, 2.45) is 5.92 Å². The van der Waals surface area contributed by atoms with Gasteiger partial charge in [-0.05, 0) is 83.4 Å². The predicted molar refractivity (Wildman–Crippen MR) is 137 cm³/mol. The molecule has 1 saturated carbocycles. The zero-order valence-corrected chi connectivity index (χ0v) is 21.8. The maximum absolute atomic E-state index is 14.3. The van der Waals surface area contributed by atoms with Crippen molar-refractivity contribution in [1.29, 1.82) is 0 Å². The molecule has 0 bridgehead atoms. The largest absolute Gasteiger partial charge is 0.435 e. The molecule has 4 aromatic rings. The number of rotatable bonds is 8. The van der Waals surface area contributed by atoms with Crippen molar-refractivity contribution in [3.63, 3.8) is 0 Å². The molecule has 1 aliphatic rings. The van der Waals surface area contributed by atoms with Gasteiger partial charge in [0.15, 0.2) is 5.69 Å². The fourth-order valence-corrected chi connectivity index (χ4v) is 5.47. The van der Waals surface area contributed by atoms with Crippen LogP contribution in [0, 0.1) is 5.92 Å². The topological polar surface area (TPSA) is 25.5 Å². The minimum atomic E-state index is -4.54. The van der Waals surface area contributed by atoms with Gasteiger partial charge < -0.3 is 0 Å². The van der Waals surface area contributed by atoms with Gasteiger partial charge in [-0.25, -0.2) is 4.98 Å². The summed E-state index contributed by atoms with van der Waals surface area (Å²) in [6, 6.07) is 13.6. The van der Waals surface area contributed by atoms with Crippen LogP contribution in [0.25, 0.3) is 22.5 Å². The molecule has 0 radical (unpaired) electrons. The van der Waals surface area contributed by atoms with E-state index in [0.717, 1.165) is 59.1 Å². The number of nitrogens with zero attached hydrogens (tertiary/aromatic N) is 4. The number of para-hydroxylation sites is 2. The molecule has 0 N–H and O–H groups in total. The first-order chi connectivity index (χ1) is 16.7. The Morgan fingerprint density at radius 3 is 2.43 bits per heavy atom. The molecular weight excluding hydrogens is 517 g/mol. The van der Waals surface area contributed by atoms with E-state index in [1.165, 1.54) is 0 Å². The van der Waals surface area contributed by atoms with E-state index in [1.807, 2.05) is 47.0 Å². The Labute approximate surface area is 211 Å². The summed E-state index contributed by atoms with van der Waals surface area (Å²) in [6.45, 7) is 8.12. The molecule has 5 rings (SSSR count). The van der Waals surface area contributed by atoms with Gasteiger partial charge in [-0.15, -0.1) is 0 Å². The second kappa shape index (κ2) is 9.28. The lowest BCUT2D eigenvalue weighted by molar-refractivity contribution is -0.141. The normalized spacial score (nSPS) is 14.8. The van der Waals surface area contributed by atoms with E-state index in [9.17, 15) is 13.2 Å². The van der Waals surface area contributed by atoms with Crippen LogP contribution in [-0.4, -0.2) is 31.9 Å². The summed E-state index contributed by atoms with van der Waals surface area (Å²) in [5, 5.41) is 0. The van der Waals surface area contributed by atoms with E-state index in [-0.39, 0.29) is 18.0 Å². The fraction of sp³-hybridized carbons (Fsp3) is 0.444. The molecule has 2 aromatic heterocycles. The van der Waals surface area contributed by atoms with E-state index >= 15 is 0 Å². The average Bonchev–Trinajstić information content (AvgIpc) is 3.44. The molecule has 0 spiro atoms. The van der Waals surface area contributed by atoms with Crippen molar-refractivity contribution >= 4 is 32.7 Å². The first-order valence-corrected chi connectivity index (χ1v) is 13.1. The quantitative estimate of drug-likeness (QED) is 0.225. The molecule has 186 valence electrons. The van der Waals surface area contributed by atoms with Crippen LogP contribution in [0.1, 0.15) is 62.9 Å². The highest BCUT2D eigenvalue weighted by molar-refractivity contribution is 9.10. The second-order valence-electron chi connectivity index (χ2n) is 9.91. The van der Waals surface area contributed by atoms with E-state index in [4.69, 9.17) is 0 Å². The van der Waals surface area contributed by atoms with Gasteiger partial charge in [-0.3, -0.25) is 13.9 Å². The first kappa shape index (κ1) is 24.4. The third-order valence-corrected chi connectivity index (χ3v) is 7.43. The number of benzene rings is 2. The van der Waals surface area contributed by atoms with Crippen molar-refractivity contribution in [2.45, 2.75) is 58.7 Å². The van der Waals surface area contributed by atoms with E-state index in [2.05, 4.69) is 46.6 Å². The van der Waals surface area contributed by atoms with Crippen LogP contribution in [0.3, 0.4) is 0 Å². The van der Waals surface area contributed by atoms with E-state index in [0.29, 0.717) is 11.8 Å². The molecule has 2 heterocycles. The van der Waals surface area contributed by atoms with Crippen molar-refractivity contribution in [3.8, 4) is 5.69 Å². The van der Waals surface area contributed by atoms with E-state index < -0.39 is 11.9 Å². The smallest absolute Gasteiger partial charge is 0.297 e. The van der Waals surface area contributed by atoms with Crippen LogP contribution in [0.5, 0.6) is 0 Å². The zero-order valence-electron chi connectivity index (χ0n) is 20.2. The van der Waals surface area contributed by atoms with Crippen molar-refractivity contribution in [1.82, 2.24) is 18.9 Å². The maximum Gasteiger partial charge on any atom is 0.435 e. The Morgan fingerprint density at radius 1 is 1.11 bits per heavy atom. The number of aromatic nitrogens is 3. The number of imidazole rings is 2. The highest BCUT2D eigenvalue weighted by atomic mass is 79.9. The van der Waals surface area contributed by atoms with Gasteiger partial charge in [0.05, 0.1) is 22.4 Å². The SMILES string of the molecule is CCCN(Cc1c(C(F)(F)F)nc2n(-c3ccc(C(C)C)cc3Br)c3ccccc3n12)CC1CC1. The standard InChI is InChI=1S/C27H30BrF3N4/c1-4-13-33(15-18-9-10-18)16-24-25(27(29,30)31)32-26-34(22-7-5-6-8-23(22)35(24)26)21-12-11-19(17(2)3)14-20(21)28/h5-8,11-12,14,17-18H,4,9-10,13,15-16H2,1-3H3.